The molecule has 132 valence electrons. The van der Waals surface area contributed by atoms with Crippen LogP contribution in [0.25, 0.3) is 0 Å². The summed E-state index contributed by atoms with van der Waals surface area (Å²) in [5.74, 6) is 0.639. The van der Waals surface area contributed by atoms with Gasteiger partial charge in [0.15, 0.2) is 0 Å². The largest absolute Gasteiger partial charge is 0.496 e. The van der Waals surface area contributed by atoms with Gasteiger partial charge in [-0.1, -0.05) is 0 Å². The van der Waals surface area contributed by atoms with Crippen molar-refractivity contribution in [3.8, 4) is 5.75 Å². The van der Waals surface area contributed by atoms with Crippen molar-refractivity contribution in [3.63, 3.8) is 0 Å². The highest BCUT2D eigenvalue weighted by Gasteiger charge is 2.29. The smallest absolute Gasteiger partial charge is 0.309 e. The molecule has 0 atom stereocenters. The molecule has 2 rings (SSSR count). The van der Waals surface area contributed by atoms with E-state index in [1.807, 2.05) is 38.7 Å². The summed E-state index contributed by atoms with van der Waals surface area (Å²) < 4.78 is 10.5. The number of hydrogen-bond acceptors (Lipinski definition) is 4. The van der Waals surface area contributed by atoms with Gasteiger partial charge in [0.25, 0.3) is 5.91 Å². The molecule has 1 aromatic carbocycles. The van der Waals surface area contributed by atoms with Gasteiger partial charge in [-0.15, -0.1) is 0 Å². The molecule has 24 heavy (non-hydrogen) atoms. The minimum Gasteiger partial charge on any atom is -0.496 e. The summed E-state index contributed by atoms with van der Waals surface area (Å²) >= 11 is 0. The van der Waals surface area contributed by atoms with Crippen LogP contribution in [0, 0.1) is 26.7 Å². The van der Waals surface area contributed by atoms with Crippen molar-refractivity contribution >= 4 is 11.9 Å². The number of benzene rings is 1. The maximum absolute atomic E-state index is 12.9. The van der Waals surface area contributed by atoms with Gasteiger partial charge in [-0.3, -0.25) is 9.59 Å². The van der Waals surface area contributed by atoms with Crippen molar-refractivity contribution in [2.45, 2.75) is 40.5 Å². The first-order valence-electron chi connectivity index (χ1n) is 8.51. The maximum atomic E-state index is 12.9. The van der Waals surface area contributed by atoms with Crippen LogP contribution < -0.4 is 4.74 Å². The van der Waals surface area contributed by atoms with E-state index in [0.717, 1.165) is 28.0 Å². The molecule has 1 aromatic rings. The lowest BCUT2D eigenvalue weighted by atomic mass is 9.94. The quantitative estimate of drug-likeness (QED) is 0.795. The van der Waals surface area contributed by atoms with Crippen molar-refractivity contribution in [2.75, 3.05) is 26.8 Å². The summed E-state index contributed by atoms with van der Waals surface area (Å²) in [6.07, 6.45) is 1.33. The summed E-state index contributed by atoms with van der Waals surface area (Å²) in [6, 6.07) is 1.90. The van der Waals surface area contributed by atoms with E-state index in [-0.39, 0.29) is 17.8 Å². The molecule has 0 saturated carbocycles. The third-order valence-corrected chi connectivity index (χ3v) is 4.86. The standard InChI is InChI=1S/C19H27NO4/c1-6-24-19(22)15-7-9-20(10-8-15)18(21)16-11-12(2)17(23-5)14(4)13(16)3/h11,15H,6-10H2,1-5H3. The third-order valence-electron chi connectivity index (χ3n) is 4.86. The second-order valence-corrected chi connectivity index (χ2v) is 6.34. The zero-order valence-electron chi connectivity index (χ0n) is 15.3. The lowest BCUT2D eigenvalue weighted by Gasteiger charge is -2.31. The number of rotatable bonds is 4. The molecule has 1 saturated heterocycles. The number of esters is 1. The van der Waals surface area contributed by atoms with E-state index in [2.05, 4.69) is 0 Å². The molecular formula is C19H27NO4. The molecule has 0 N–H and O–H groups in total. The Morgan fingerprint density at radius 3 is 2.33 bits per heavy atom. The normalized spacial score (nSPS) is 15.3. The van der Waals surface area contributed by atoms with Crippen LogP contribution in [-0.4, -0.2) is 43.6 Å². The van der Waals surface area contributed by atoms with Crippen LogP contribution in [0.15, 0.2) is 6.07 Å². The van der Waals surface area contributed by atoms with Crippen molar-refractivity contribution in [1.29, 1.82) is 0 Å². The van der Waals surface area contributed by atoms with Crippen LogP contribution in [0.5, 0.6) is 5.75 Å². The number of nitrogens with zero attached hydrogens (tertiary/aromatic N) is 1. The average molecular weight is 333 g/mol. The Kier molecular flexibility index (Phi) is 5.86. The van der Waals surface area contributed by atoms with Crippen molar-refractivity contribution in [1.82, 2.24) is 4.90 Å². The summed E-state index contributed by atoms with van der Waals surface area (Å²) in [5, 5.41) is 0. The Morgan fingerprint density at radius 1 is 1.17 bits per heavy atom. The van der Waals surface area contributed by atoms with Crippen molar-refractivity contribution in [2.24, 2.45) is 5.92 Å². The van der Waals surface area contributed by atoms with Crippen LogP contribution >= 0.6 is 0 Å². The molecule has 5 heteroatoms. The van der Waals surface area contributed by atoms with Gasteiger partial charge in [-0.25, -0.2) is 0 Å². The Balaban J connectivity index is 2.13. The Morgan fingerprint density at radius 2 is 1.79 bits per heavy atom. The summed E-state index contributed by atoms with van der Waals surface area (Å²) in [5.41, 5.74) is 3.64. The van der Waals surface area contributed by atoms with E-state index in [4.69, 9.17) is 9.47 Å². The fourth-order valence-electron chi connectivity index (χ4n) is 3.34. The second-order valence-electron chi connectivity index (χ2n) is 6.34. The van der Waals surface area contributed by atoms with Crippen LogP contribution in [0.4, 0.5) is 0 Å². The minimum atomic E-state index is -0.142. The van der Waals surface area contributed by atoms with Crippen molar-refractivity contribution in [3.05, 3.63) is 28.3 Å². The topological polar surface area (TPSA) is 55.8 Å². The van der Waals surface area contributed by atoms with Crippen LogP contribution in [0.1, 0.15) is 46.8 Å². The van der Waals surface area contributed by atoms with E-state index in [9.17, 15) is 9.59 Å². The Bertz CT molecular complexity index is 631. The van der Waals surface area contributed by atoms with Gasteiger partial charge in [-0.2, -0.15) is 0 Å². The molecule has 0 aliphatic carbocycles. The van der Waals surface area contributed by atoms with Gasteiger partial charge in [0, 0.05) is 18.7 Å². The molecule has 0 aromatic heterocycles. The Labute approximate surface area is 143 Å². The molecule has 5 nitrogen and oxygen atoms in total. The number of carbonyl (C=O) groups excluding carboxylic acids is 2. The second kappa shape index (κ2) is 7.69. The van der Waals surface area contributed by atoms with Gasteiger partial charge in [0.1, 0.15) is 5.75 Å². The SMILES string of the molecule is CCOC(=O)C1CCN(C(=O)c2cc(C)c(OC)c(C)c2C)CC1. The van der Waals surface area contributed by atoms with E-state index >= 15 is 0 Å². The maximum Gasteiger partial charge on any atom is 0.309 e. The highest BCUT2D eigenvalue weighted by molar-refractivity contribution is 5.96. The van der Waals surface area contributed by atoms with Crippen LogP contribution in [0.3, 0.4) is 0 Å². The number of amides is 1. The zero-order valence-corrected chi connectivity index (χ0v) is 15.3. The highest BCUT2D eigenvalue weighted by Crippen LogP contribution is 2.30. The zero-order chi connectivity index (χ0) is 17.9. The Hall–Kier alpha value is -2.04. The number of aryl methyl sites for hydroxylation is 1. The van der Waals surface area contributed by atoms with E-state index in [0.29, 0.717) is 32.5 Å². The number of likely N-dealkylation sites (tertiary alicyclic amines) is 1. The molecule has 1 heterocycles. The number of carbonyl (C=O) groups is 2. The van der Waals surface area contributed by atoms with Gasteiger partial charge < -0.3 is 14.4 Å². The first kappa shape index (κ1) is 18.3. The molecule has 1 aliphatic heterocycles. The molecule has 0 radical (unpaired) electrons. The average Bonchev–Trinajstić information content (AvgIpc) is 2.58. The molecule has 0 bridgehead atoms. The summed E-state index contributed by atoms with van der Waals surface area (Å²) in [6.45, 7) is 9.28. The van der Waals surface area contributed by atoms with Gasteiger partial charge >= 0.3 is 5.97 Å². The molecule has 0 spiro atoms. The van der Waals surface area contributed by atoms with Gasteiger partial charge in [0.2, 0.25) is 0 Å². The minimum absolute atomic E-state index is 0.0312. The molecule has 1 aliphatic rings. The summed E-state index contributed by atoms with van der Waals surface area (Å²) in [4.78, 5) is 26.6. The first-order chi connectivity index (χ1) is 11.4. The molecule has 1 amide bonds. The van der Waals surface area contributed by atoms with E-state index in [1.54, 1.807) is 7.11 Å². The number of ether oxygens (including phenoxy) is 2. The predicted molar refractivity (Wildman–Crippen MR) is 92.5 cm³/mol. The fourth-order valence-corrected chi connectivity index (χ4v) is 3.34. The predicted octanol–water partition coefficient (Wildman–Crippen LogP) is 3.04. The van der Waals surface area contributed by atoms with Crippen LogP contribution in [-0.2, 0) is 9.53 Å². The van der Waals surface area contributed by atoms with Crippen LogP contribution in [0.2, 0.25) is 0 Å². The van der Waals surface area contributed by atoms with Gasteiger partial charge in [-0.05, 0) is 63.3 Å². The summed E-state index contributed by atoms with van der Waals surface area (Å²) in [7, 11) is 1.65. The monoisotopic (exact) mass is 333 g/mol. The van der Waals surface area contributed by atoms with E-state index < -0.39 is 0 Å². The number of methoxy groups -OCH3 is 1. The third kappa shape index (κ3) is 3.55. The lowest BCUT2D eigenvalue weighted by molar-refractivity contribution is -0.149. The molecule has 1 fully saturated rings. The number of piperidine rings is 1. The highest BCUT2D eigenvalue weighted by atomic mass is 16.5. The fraction of sp³-hybridized carbons (Fsp3) is 0.579. The number of hydrogen-bond donors (Lipinski definition) is 0. The van der Waals surface area contributed by atoms with Crippen molar-refractivity contribution < 1.29 is 19.1 Å². The first-order valence-corrected chi connectivity index (χ1v) is 8.51. The lowest BCUT2D eigenvalue weighted by Crippen LogP contribution is -2.41. The van der Waals surface area contributed by atoms with E-state index in [1.165, 1.54) is 0 Å². The molecule has 0 unspecified atom stereocenters. The van der Waals surface area contributed by atoms with Gasteiger partial charge in [0.05, 0.1) is 19.6 Å². The molecular weight excluding hydrogens is 306 g/mol.